The highest BCUT2D eigenvalue weighted by molar-refractivity contribution is 9.10. The molecule has 0 amide bonds. The molecule has 0 fully saturated rings. The molecular formula is C12H11BrO2S. The van der Waals surface area contributed by atoms with Crippen LogP contribution >= 0.6 is 27.3 Å². The van der Waals surface area contributed by atoms with Gasteiger partial charge in [-0.05, 0) is 52.0 Å². The zero-order valence-electron chi connectivity index (χ0n) is 8.64. The molecule has 2 aromatic rings. The first kappa shape index (κ1) is 11.6. The molecule has 0 saturated carbocycles. The van der Waals surface area contributed by atoms with Crippen LogP contribution in [0.15, 0.2) is 40.2 Å². The van der Waals surface area contributed by atoms with Gasteiger partial charge in [0.05, 0.1) is 4.88 Å². The maximum atomic E-state index is 10.5. The van der Waals surface area contributed by atoms with E-state index in [2.05, 4.69) is 15.9 Å². The summed E-state index contributed by atoms with van der Waals surface area (Å²) in [7, 11) is 0. The van der Waals surface area contributed by atoms with E-state index in [1.165, 1.54) is 11.3 Å². The van der Waals surface area contributed by atoms with Gasteiger partial charge in [0.2, 0.25) is 0 Å². The molecule has 4 heteroatoms. The Kier molecular flexibility index (Phi) is 3.06. The minimum absolute atomic E-state index is 0.199. The molecule has 1 aromatic heterocycles. The van der Waals surface area contributed by atoms with Crippen LogP contribution < -0.4 is 0 Å². The smallest absolute Gasteiger partial charge is 0.122 e. The van der Waals surface area contributed by atoms with Crippen molar-refractivity contribution in [3.63, 3.8) is 0 Å². The summed E-state index contributed by atoms with van der Waals surface area (Å²) < 4.78 is 0.899. The van der Waals surface area contributed by atoms with Crippen LogP contribution in [0, 0.1) is 0 Å². The number of benzene rings is 1. The van der Waals surface area contributed by atoms with Crippen molar-refractivity contribution in [3.05, 3.63) is 50.6 Å². The molecule has 2 nitrogen and oxygen atoms in total. The second-order valence-electron chi connectivity index (χ2n) is 3.72. The molecule has 0 radical (unpaired) electrons. The van der Waals surface area contributed by atoms with Crippen molar-refractivity contribution in [2.24, 2.45) is 0 Å². The fourth-order valence-corrected chi connectivity index (χ4v) is 3.40. The third-order valence-corrected chi connectivity index (χ3v) is 4.54. The van der Waals surface area contributed by atoms with Crippen LogP contribution in [-0.2, 0) is 5.60 Å². The molecule has 0 saturated heterocycles. The second kappa shape index (κ2) is 4.20. The van der Waals surface area contributed by atoms with E-state index in [9.17, 15) is 10.2 Å². The van der Waals surface area contributed by atoms with Crippen LogP contribution in [0.4, 0.5) is 0 Å². The Hall–Kier alpha value is -0.840. The van der Waals surface area contributed by atoms with E-state index >= 15 is 0 Å². The van der Waals surface area contributed by atoms with Gasteiger partial charge >= 0.3 is 0 Å². The average Bonchev–Trinajstić information content (AvgIpc) is 2.66. The van der Waals surface area contributed by atoms with Gasteiger partial charge in [-0.2, -0.15) is 0 Å². The van der Waals surface area contributed by atoms with Crippen molar-refractivity contribution in [1.82, 2.24) is 0 Å². The molecule has 0 aliphatic heterocycles. The first-order valence-corrected chi connectivity index (χ1v) is 6.44. The molecule has 0 aliphatic carbocycles. The Balaban J connectivity index is 2.46. The van der Waals surface area contributed by atoms with Gasteiger partial charge in [-0.25, -0.2) is 0 Å². The number of thiophene rings is 1. The summed E-state index contributed by atoms with van der Waals surface area (Å²) in [4.78, 5) is 0.859. The first-order valence-electron chi connectivity index (χ1n) is 4.77. The summed E-state index contributed by atoms with van der Waals surface area (Å²) in [5.74, 6) is 0.199. The number of aliphatic hydroxyl groups is 1. The number of rotatable bonds is 2. The molecule has 0 spiro atoms. The average molecular weight is 299 g/mol. The van der Waals surface area contributed by atoms with Crippen molar-refractivity contribution in [1.29, 1.82) is 0 Å². The number of halogens is 1. The standard InChI is InChI=1S/C12H11BrO2S/c1-12(15,11-10(13)6-7-16-11)8-2-4-9(14)5-3-8/h2-7,14-15H,1H3. The highest BCUT2D eigenvalue weighted by atomic mass is 79.9. The first-order chi connectivity index (χ1) is 7.51. The van der Waals surface area contributed by atoms with Crippen LogP contribution in [0.1, 0.15) is 17.4 Å². The molecular weight excluding hydrogens is 288 g/mol. The SMILES string of the molecule is CC(O)(c1ccc(O)cc1)c1sccc1Br. The molecule has 1 unspecified atom stereocenters. The van der Waals surface area contributed by atoms with E-state index in [1.807, 2.05) is 11.4 Å². The van der Waals surface area contributed by atoms with Crippen molar-refractivity contribution >= 4 is 27.3 Å². The summed E-state index contributed by atoms with van der Waals surface area (Å²) >= 11 is 4.91. The van der Waals surface area contributed by atoms with E-state index in [-0.39, 0.29) is 5.75 Å². The Labute approximate surface area is 106 Å². The van der Waals surface area contributed by atoms with Gasteiger partial charge in [0.1, 0.15) is 11.4 Å². The summed E-state index contributed by atoms with van der Waals surface area (Å²) in [6, 6.07) is 8.51. The summed E-state index contributed by atoms with van der Waals surface area (Å²) in [6.07, 6.45) is 0. The predicted molar refractivity (Wildman–Crippen MR) is 68.8 cm³/mol. The van der Waals surface area contributed by atoms with Crippen LogP contribution in [0.25, 0.3) is 0 Å². The van der Waals surface area contributed by atoms with Crippen LogP contribution in [0.5, 0.6) is 5.75 Å². The molecule has 0 bridgehead atoms. The van der Waals surface area contributed by atoms with E-state index < -0.39 is 5.60 Å². The highest BCUT2D eigenvalue weighted by Crippen LogP contribution is 2.38. The third-order valence-electron chi connectivity index (χ3n) is 2.49. The molecule has 2 N–H and O–H groups in total. The van der Waals surface area contributed by atoms with Gasteiger partial charge < -0.3 is 10.2 Å². The quantitative estimate of drug-likeness (QED) is 0.891. The van der Waals surface area contributed by atoms with Gasteiger partial charge in [-0.3, -0.25) is 0 Å². The van der Waals surface area contributed by atoms with Crippen LogP contribution in [0.2, 0.25) is 0 Å². The third kappa shape index (κ3) is 2.00. The summed E-state index contributed by atoms with van der Waals surface area (Å²) in [5.41, 5.74) is -0.283. The van der Waals surface area contributed by atoms with E-state index in [4.69, 9.17) is 0 Å². The molecule has 1 aromatic carbocycles. The number of phenolic OH excluding ortho intramolecular Hbond substituents is 1. The topological polar surface area (TPSA) is 40.5 Å². The maximum Gasteiger partial charge on any atom is 0.122 e. The molecule has 1 atom stereocenters. The van der Waals surface area contributed by atoms with E-state index in [1.54, 1.807) is 31.2 Å². The van der Waals surface area contributed by atoms with Crippen molar-refractivity contribution in [2.45, 2.75) is 12.5 Å². The fourth-order valence-electron chi connectivity index (χ4n) is 1.56. The van der Waals surface area contributed by atoms with Gasteiger partial charge in [0.25, 0.3) is 0 Å². The van der Waals surface area contributed by atoms with Crippen molar-refractivity contribution < 1.29 is 10.2 Å². The largest absolute Gasteiger partial charge is 0.508 e. The monoisotopic (exact) mass is 298 g/mol. The minimum Gasteiger partial charge on any atom is -0.508 e. The Morgan fingerprint density at radius 2 is 1.81 bits per heavy atom. The lowest BCUT2D eigenvalue weighted by atomic mass is 9.94. The minimum atomic E-state index is -1.04. The maximum absolute atomic E-state index is 10.5. The fraction of sp³-hybridized carbons (Fsp3) is 0.167. The molecule has 1 heterocycles. The zero-order valence-corrected chi connectivity index (χ0v) is 11.0. The van der Waals surface area contributed by atoms with E-state index in [0.717, 1.165) is 14.9 Å². The molecule has 84 valence electrons. The lowest BCUT2D eigenvalue weighted by Crippen LogP contribution is -2.21. The van der Waals surface area contributed by atoms with E-state index in [0.29, 0.717) is 0 Å². The highest BCUT2D eigenvalue weighted by Gasteiger charge is 2.28. The van der Waals surface area contributed by atoms with Crippen molar-refractivity contribution in [2.75, 3.05) is 0 Å². The second-order valence-corrected chi connectivity index (χ2v) is 5.49. The zero-order chi connectivity index (χ0) is 11.8. The molecule has 2 rings (SSSR count). The predicted octanol–water partition coefficient (Wildman–Crippen LogP) is 3.47. The molecule has 0 aliphatic rings. The Bertz CT molecular complexity index is 488. The summed E-state index contributed by atoms with van der Waals surface area (Å²) in [6.45, 7) is 1.75. The number of hydrogen-bond acceptors (Lipinski definition) is 3. The van der Waals surface area contributed by atoms with Crippen LogP contribution in [0.3, 0.4) is 0 Å². The van der Waals surface area contributed by atoms with Gasteiger partial charge in [0, 0.05) is 4.47 Å². The van der Waals surface area contributed by atoms with Gasteiger partial charge in [-0.15, -0.1) is 11.3 Å². The lowest BCUT2D eigenvalue weighted by molar-refractivity contribution is 0.105. The van der Waals surface area contributed by atoms with Crippen LogP contribution in [-0.4, -0.2) is 10.2 Å². The lowest BCUT2D eigenvalue weighted by Gasteiger charge is -2.23. The normalized spacial score (nSPS) is 14.7. The number of aromatic hydroxyl groups is 1. The number of phenols is 1. The Morgan fingerprint density at radius 1 is 1.19 bits per heavy atom. The van der Waals surface area contributed by atoms with Gasteiger partial charge in [0.15, 0.2) is 0 Å². The Morgan fingerprint density at radius 3 is 2.31 bits per heavy atom. The van der Waals surface area contributed by atoms with Gasteiger partial charge in [-0.1, -0.05) is 12.1 Å². The molecule has 16 heavy (non-hydrogen) atoms. The summed E-state index contributed by atoms with van der Waals surface area (Å²) in [5, 5.41) is 21.7. The van der Waals surface area contributed by atoms with Crippen molar-refractivity contribution in [3.8, 4) is 5.75 Å². The number of hydrogen-bond donors (Lipinski definition) is 2.